The highest BCUT2D eigenvalue weighted by atomic mass is 35.7. The summed E-state index contributed by atoms with van der Waals surface area (Å²) >= 11 is 5.83. The van der Waals surface area contributed by atoms with Crippen LogP contribution >= 0.6 is 22.3 Å². The molecule has 0 saturated carbocycles. The number of hydrogen-bond acceptors (Lipinski definition) is 3. The molecule has 1 aromatic carbocycles. The number of carbonyl (C=O) groups excluding carboxylic acids is 1. The molecule has 1 heterocycles. The lowest BCUT2D eigenvalue weighted by molar-refractivity contribution is 0.0771. The molecule has 0 spiro atoms. The van der Waals surface area contributed by atoms with E-state index in [-0.39, 0.29) is 21.4 Å². The summed E-state index contributed by atoms with van der Waals surface area (Å²) in [4.78, 5) is 13.7. The molecule has 1 aliphatic heterocycles. The summed E-state index contributed by atoms with van der Waals surface area (Å²) in [6.45, 7) is 1.11. The third-order valence-electron chi connectivity index (χ3n) is 2.75. The van der Waals surface area contributed by atoms with Crippen molar-refractivity contribution < 1.29 is 13.2 Å². The number of rotatable bonds is 2. The van der Waals surface area contributed by atoms with Gasteiger partial charge in [-0.1, -0.05) is 23.8 Å². The van der Waals surface area contributed by atoms with Crippen LogP contribution in [0.4, 0.5) is 0 Å². The van der Waals surface area contributed by atoms with Gasteiger partial charge in [0, 0.05) is 34.4 Å². The van der Waals surface area contributed by atoms with Crippen LogP contribution in [-0.4, -0.2) is 32.3 Å². The zero-order valence-corrected chi connectivity index (χ0v) is 12.2. The Labute approximate surface area is 121 Å². The van der Waals surface area contributed by atoms with Crippen molar-refractivity contribution in [3.05, 3.63) is 40.9 Å². The standard InChI is InChI=1S/C12H11Cl2NO3S/c13-10-6-9(7-11(8-10)19(14,17)18)12(16)15-4-2-1-3-5-15/h1-2,6-8H,3-5H2. The molecule has 7 heteroatoms. The predicted octanol–water partition coefficient (Wildman–Crippen LogP) is 2.67. The average molecular weight is 320 g/mol. The number of benzene rings is 1. The molecule has 0 bridgehead atoms. The minimum Gasteiger partial charge on any atom is -0.335 e. The van der Waals surface area contributed by atoms with Gasteiger partial charge in [-0.2, -0.15) is 0 Å². The smallest absolute Gasteiger partial charge is 0.261 e. The van der Waals surface area contributed by atoms with E-state index in [0.717, 1.165) is 6.42 Å². The minimum absolute atomic E-state index is 0.164. The maximum absolute atomic E-state index is 12.2. The summed E-state index contributed by atoms with van der Waals surface area (Å²) in [7, 11) is 1.36. The van der Waals surface area contributed by atoms with Gasteiger partial charge in [0.25, 0.3) is 15.0 Å². The second-order valence-electron chi connectivity index (χ2n) is 4.12. The monoisotopic (exact) mass is 319 g/mol. The van der Waals surface area contributed by atoms with Gasteiger partial charge in [0.15, 0.2) is 0 Å². The maximum Gasteiger partial charge on any atom is 0.261 e. The van der Waals surface area contributed by atoms with Crippen LogP contribution in [0, 0.1) is 0 Å². The number of nitrogens with zero attached hydrogens (tertiary/aromatic N) is 1. The average Bonchev–Trinajstić information content (AvgIpc) is 2.37. The molecule has 0 aliphatic carbocycles. The van der Waals surface area contributed by atoms with Crippen LogP contribution < -0.4 is 0 Å². The van der Waals surface area contributed by atoms with Crippen molar-refractivity contribution in [1.29, 1.82) is 0 Å². The molecule has 1 aromatic rings. The molecule has 2 rings (SSSR count). The molecular weight excluding hydrogens is 309 g/mol. The molecule has 0 radical (unpaired) electrons. The van der Waals surface area contributed by atoms with E-state index in [1.807, 2.05) is 12.2 Å². The number of carbonyl (C=O) groups is 1. The molecule has 1 aliphatic rings. The first kappa shape index (κ1) is 14.4. The van der Waals surface area contributed by atoms with Gasteiger partial charge in [0.05, 0.1) is 4.90 Å². The van der Waals surface area contributed by atoms with E-state index >= 15 is 0 Å². The van der Waals surface area contributed by atoms with Crippen molar-refractivity contribution in [2.45, 2.75) is 11.3 Å². The summed E-state index contributed by atoms with van der Waals surface area (Å²) in [5, 5.41) is 0.164. The molecule has 0 aromatic heterocycles. The number of hydrogen-bond donors (Lipinski definition) is 0. The largest absolute Gasteiger partial charge is 0.335 e. The van der Waals surface area contributed by atoms with Gasteiger partial charge in [-0.15, -0.1) is 0 Å². The lowest BCUT2D eigenvalue weighted by Crippen LogP contribution is -2.33. The highest BCUT2D eigenvalue weighted by molar-refractivity contribution is 8.13. The van der Waals surface area contributed by atoms with E-state index in [9.17, 15) is 13.2 Å². The Balaban J connectivity index is 2.37. The van der Waals surface area contributed by atoms with E-state index in [0.29, 0.717) is 13.1 Å². The molecule has 1 amide bonds. The SMILES string of the molecule is O=C(c1cc(Cl)cc(S(=O)(=O)Cl)c1)N1CC=CCC1. The fraction of sp³-hybridized carbons (Fsp3) is 0.250. The fourth-order valence-electron chi connectivity index (χ4n) is 1.84. The van der Waals surface area contributed by atoms with E-state index in [4.69, 9.17) is 22.3 Å². The molecule has 4 nitrogen and oxygen atoms in total. The first-order valence-electron chi connectivity index (χ1n) is 5.57. The van der Waals surface area contributed by atoms with Gasteiger partial charge < -0.3 is 4.90 Å². The molecule has 0 atom stereocenters. The minimum atomic E-state index is -3.91. The number of halogens is 2. The van der Waals surface area contributed by atoms with Crippen molar-refractivity contribution in [2.24, 2.45) is 0 Å². The molecule has 0 unspecified atom stereocenters. The van der Waals surface area contributed by atoms with Crippen molar-refractivity contribution in [3.63, 3.8) is 0 Å². The van der Waals surface area contributed by atoms with Gasteiger partial charge in [-0.05, 0) is 24.6 Å². The third kappa shape index (κ3) is 3.49. The Hall–Kier alpha value is -1.04. The van der Waals surface area contributed by atoms with Gasteiger partial charge in [-0.3, -0.25) is 4.79 Å². The van der Waals surface area contributed by atoms with Crippen LogP contribution in [0.2, 0.25) is 5.02 Å². The van der Waals surface area contributed by atoms with Crippen LogP contribution in [0.15, 0.2) is 35.2 Å². The van der Waals surface area contributed by atoms with Crippen LogP contribution in [0.3, 0.4) is 0 Å². The summed E-state index contributed by atoms with van der Waals surface area (Å²) in [5.41, 5.74) is 0.224. The summed E-state index contributed by atoms with van der Waals surface area (Å²) in [5.74, 6) is -0.256. The Morgan fingerprint density at radius 2 is 1.95 bits per heavy atom. The lowest BCUT2D eigenvalue weighted by atomic mass is 10.1. The van der Waals surface area contributed by atoms with Crippen LogP contribution in [0.25, 0.3) is 0 Å². The Kier molecular flexibility index (Phi) is 4.18. The van der Waals surface area contributed by atoms with E-state index < -0.39 is 9.05 Å². The molecule has 0 fully saturated rings. The fourth-order valence-corrected chi connectivity index (χ4v) is 2.94. The van der Waals surface area contributed by atoms with Gasteiger partial charge in [0.2, 0.25) is 0 Å². The second-order valence-corrected chi connectivity index (χ2v) is 7.13. The van der Waals surface area contributed by atoms with Gasteiger partial charge in [-0.25, -0.2) is 8.42 Å². The first-order chi connectivity index (χ1) is 8.88. The molecule has 0 saturated heterocycles. The molecule has 102 valence electrons. The molecule has 19 heavy (non-hydrogen) atoms. The zero-order chi connectivity index (χ0) is 14.0. The van der Waals surface area contributed by atoms with Crippen LogP contribution in [0.1, 0.15) is 16.8 Å². The maximum atomic E-state index is 12.2. The number of amides is 1. The second kappa shape index (κ2) is 5.53. The van der Waals surface area contributed by atoms with Crippen molar-refractivity contribution in [2.75, 3.05) is 13.1 Å². The third-order valence-corrected chi connectivity index (χ3v) is 4.30. The summed E-state index contributed by atoms with van der Waals surface area (Å²) in [6.07, 6.45) is 4.68. The summed E-state index contributed by atoms with van der Waals surface area (Å²) in [6, 6.07) is 3.90. The Morgan fingerprint density at radius 1 is 1.21 bits per heavy atom. The first-order valence-corrected chi connectivity index (χ1v) is 8.26. The lowest BCUT2D eigenvalue weighted by Gasteiger charge is -2.23. The normalized spacial score (nSPS) is 15.6. The van der Waals surface area contributed by atoms with Crippen molar-refractivity contribution in [3.8, 4) is 0 Å². The molecular formula is C12H11Cl2NO3S. The Morgan fingerprint density at radius 3 is 2.53 bits per heavy atom. The van der Waals surface area contributed by atoms with E-state index in [1.165, 1.54) is 18.2 Å². The summed E-state index contributed by atoms with van der Waals surface area (Å²) < 4.78 is 22.6. The highest BCUT2D eigenvalue weighted by Gasteiger charge is 2.19. The predicted molar refractivity (Wildman–Crippen MR) is 74.2 cm³/mol. The van der Waals surface area contributed by atoms with Gasteiger partial charge in [0.1, 0.15) is 0 Å². The van der Waals surface area contributed by atoms with Crippen LogP contribution in [-0.2, 0) is 9.05 Å². The Bertz CT molecular complexity index is 640. The molecule has 0 N–H and O–H groups in total. The quantitative estimate of drug-likeness (QED) is 0.622. The van der Waals surface area contributed by atoms with Gasteiger partial charge >= 0.3 is 0 Å². The highest BCUT2D eigenvalue weighted by Crippen LogP contribution is 2.23. The zero-order valence-electron chi connectivity index (χ0n) is 9.84. The van der Waals surface area contributed by atoms with E-state index in [1.54, 1.807) is 4.90 Å². The topological polar surface area (TPSA) is 54.5 Å². The van der Waals surface area contributed by atoms with E-state index in [2.05, 4.69) is 0 Å². The van der Waals surface area contributed by atoms with Crippen molar-refractivity contribution in [1.82, 2.24) is 4.90 Å². The van der Waals surface area contributed by atoms with Crippen LogP contribution in [0.5, 0.6) is 0 Å². The van der Waals surface area contributed by atoms with Crippen molar-refractivity contribution >= 4 is 37.2 Å².